The molecule has 1 amide bonds. The van der Waals surface area contributed by atoms with Crippen LogP contribution in [0.4, 0.5) is 11.4 Å². The van der Waals surface area contributed by atoms with Gasteiger partial charge in [0.1, 0.15) is 0 Å². The van der Waals surface area contributed by atoms with Crippen molar-refractivity contribution >= 4 is 29.1 Å². The first kappa shape index (κ1) is 26.0. The molecule has 0 spiro atoms. The Morgan fingerprint density at radius 1 is 1.09 bits per heavy atom. The average molecular weight is 476 g/mol. The molecule has 0 radical (unpaired) electrons. The molecule has 0 aliphatic carbocycles. The number of nitrogens with zero attached hydrogens (tertiary/aromatic N) is 3. The van der Waals surface area contributed by atoms with Crippen molar-refractivity contribution in [2.24, 2.45) is 11.6 Å². The van der Waals surface area contributed by atoms with Crippen molar-refractivity contribution in [1.29, 1.82) is 5.41 Å². The van der Waals surface area contributed by atoms with Crippen molar-refractivity contribution in [3.05, 3.63) is 76.6 Å². The van der Waals surface area contributed by atoms with Crippen molar-refractivity contribution in [3.63, 3.8) is 0 Å². The van der Waals surface area contributed by atoms with Gasteiger partial charge < -0.3 is 21.3 Å². The first-order valence-electron chi connectivity index (χ1n) is 11.8. The van der Waals surface area contributed by atoms with E-state index in [-0.39, 0.29) is 17.3 Å². The van der Waals surface area contributed by atoms with E-state index in [9.17, 15) is 4.79 Å². The Labute approximate surface area is 208 Å². The number of likely N-dealkylation sites (tertiary alicyclic amines) is 1. The van der Waals surface area contributed by atoms with E-state index in [1.807, 2.05) is 37.0 Å². The van der Waals surface area contributed by atoms with Gasteiger partial charge in [0.2, 0.25) is 0 Å². The van der Waals surface area contributed by atoms with Crippen molar-refractivity contribution < 1.29 is 4.79 Å². The molecule has 1 aliphatic rings. The second-order valence-electron chi connectivity index (χ2n) is 9.47. The monoisotopic (exact) mass is 475 g/mol. The van der Waals surface area contributed by atoms with Crippen LogP contribution < -0.4 is 22.3 Å². The molecule has 8 nitrogen and oxygen atoms in total. The second kappa shape index (κ2) is 11.2. The number of carbonyl (C=O) groups is 1. The van der Waals surface area contributed by atoms with Gasteiger partial charge >= 0.3 is 0 Å². The van der Waals surface area contributed by atoms with Crippen LogP contribution in [-0.2, 0) is 0 Å². The molecule has 0 saturated carbocycles. The number of benzene rings is 2. The number of hydrogen-bond donors (Lipinski definition) is 4. The zero-order valence-corrected chi connectivity index (χ0v) is 21.1. The van der Waals surface area contributed by atoms with E-state index in [4.69, 9.17) is 22.7 Å². The number of rotatable bonds is 7. The lowest BCUT2D eigenvalue weighted by Crippen LogP contribution is -2.44. The fraction of sp³-hybridized carbons (Fsp3) is 0.333. The Bertz CT molecular complexity index is 1120. The normalized spacial score (nSPS) is 14.7. The lowest BCUT2D eigenvalue weighted by molar-refractivity contribution is 0.0663. The molecular weight excluding hydrogens is 438 g/mol. The van der Waals surface area contributed by atoms with E-state index in [1.165, 1.54) is 11.2 Å². The van der Waals surface area contributed by atoms with Crippen LogP contribution in [0, 0.1) is 5.41 Å². The highest BCUT2D eigenvalue weighted by molar-refractivity contribution is 6.13. The molecule has 2 aromatic rings. The summed E-state index contributed by atoms with van der Waals surface area (Å²) in [5.74, 6) is 6.23. The summed E-state index contributed by atoms with van der Waals surface area (Å²) in [6.07, 6.45) is 5.45. The molecular formula is C27H37N7O. The maximum atomic E-state index is 12.9. The van der Waals surface area contributed by atoms with Crippen molar-refractivity contribution in [2.75, 3.05) is 37.9 Å². The van der Waals surface area contributed by atoms with Gasteiger partial charge in [-0.05, 0) is 82.7 Å². The van der Waals surface area contributed by atoms with E-state index in [0.29, 0.717) is 28.5 Å². The van der Waals surface area contributed by atoms with Crippen molar-refractivity contribution in [1.82, 2.24) is 9.80 Å². The zero-order valence-electron chi connectivity index (χ0n) is 21.1. The molecule has 0 atom stereocenters. The largest absolute Gasteiger partial charge is 0.398 e. The van der Waals surface area contributed by atoms with Crippen LogP contribution in [0.25, 0.3) is 6.08 Å². The molecule has 0 unspecified atom stereocenters. The maximum Gasteiger partial charge on any atom is 0.253 e. The van der Waals surface area contributed by atoms with Gasteiger partial charge in [0.25, 0.3) is 5.91 Å². The number of allylic oxidation sites excluding steroid dienone is 2. The van der Waals surface area contributed by atoms with Crippen molar-refractivity contribution in [2.45, 2.75) is 32.7 Å². The summed E-state index contributed by atoms with van der Waals surface area (Å²) in [5, 5.41) is 9.87. The summed E-state index contributed by atoms with van der Waals surface area (Å²) in [5.41, 5.74) is 16.9. The van der Waals surface area contributed by atoms with E-state index < -0.39 is 0 Å². The number of nitrogen functional groups attached to an aromatic ring is 1. The zero-order chi connectivity index (χ0) is 25.7. The number of piperidine rings is 1. The van der Waals surface area contributed by atoms with Crippen molar-refractivity contribution in [3.8, 4) is 0 Å². The van der Waals surface area contributed by atoms with E-state index >= 15 is 0 Å². The third-order valence-electron chi connectivity index (χ3n) is 6.26. The molecule has 1 heterocycles. The van der Waals surface area contributed by atoms with Gasteiger partial charge in [-0.1, -0.05) is 17.7 Å². The molecule has 1 saturated heterocycles. The highest BCUT2D eigenvalue weighted by atomic mass is 16.2. The van der Waals surface area contributed by atoms with E-state index in [1.54, 1.807) is 30.3 Å². The third kappa shape index (κ3) is 6.49. The highest BCUT2D eigenvalue weighted by Crippen LogP contribution is 2.21. The minimum Gasteiger partial charge on any atom is -0.398 e. The Morgan fingerprint density at radius 2 is 1.71 bits per heavy atom. The molecule has 8 heteroatoms. The predicted molar refractivity (Wildman–Crippen MR) is 145 cm³/mol. The third-order valence-corrected chi connectivity index (χ3v) is 6.26. The molecule has 1 fully saturated rings. The summed E-state index contributed by atoms with van der Waals surface area (Å²) in [4.78, 5) is 17.0. The molecule has 35 heavy (non-hydrogen) atoms. The molecule has 186 valence electrons. The first-order chi connectivity index (χ1) is 16.6. The van der Waals surface area contributed by atoms with Gasteiger partial charge in [-0.25, -0.2) is 5.84 Å². The Hall–Kier alpha value is -3.62. The smallest absolute Gasteiger partial charge is 0.253 e. The standard InChI is InChI=1S/C27H37N7O/c1-18(2)15-19-5-10-24(28)23(16-19)26(30)25(29)17-34(31)22-8-6-20(7-9-22)27(35)33-13-11-21(12-14-33)32(3)4/h5-10,15-17,21,30H,11-14,28-29,31H2,1-4H3/b25-17-,30-26?. The molecule has 2 aromatic carbocycles. The number of carbonyl (C=O) groups excluding carboxylic acids is 1. The van der Waals surface area contributed by atoms with Gasteiger partial charge in [0, 0.05) is 42.1 Å². The number of hydrogen-bond acceptors (Lipinski definition) is 7. The number of nitrogens with two attached hydrogens (primary N) is 3. The average Bonchev–Trinajstić information content (AvgIpc) is 2.84. The van der Waals surface area contributed by atoms with Crippen LogP contribution in [0.5, 0.6) is 0 Å². The summed E-state index contributed by atoms with van der Waals surface area (Å²) < 4.78 is 0. The van der Waals surface area contributed by atoms with Crippen LogP contribution in [0.15, 0.2) is 59.9 Å². The minimum absolute atomic E-state index is 0.0286. The van der Waals surface area contributed by atoms with Crippen LogP contribution in [0.3, 0.4) is 0 Å². The van der Waals surface area contributed by atoms with Gasteiger partial charge in [-0.3, -0.25) is 15.2 Å². The van der Waals surface area contributed by atoms with Crippen LogP contribution in [0.2, 0.25) is 0 Å². The maximum absolute atomic E-state index is 12.9. The van der Waals surface area contributed by atoms with E-state index in [0.717, 1.165) is 37.1 Å². The molecule has 7 N–H and O–H groups in total. The van der Waals surface area contributed by atoms with Gasteiger partial charge in [0.05, 0.1) is 17.1 Å². The van der Waals surface area contributed by atoms with Gasteiger partial charge in [0.15, 0.2) is 0 Å². The first-order valence-corrected chi connectivity index (χ1v) is 11.8. The molecule has 3 rings (SSSR count). The molecule has 0 bridgehead atoms. The Morgan fingerprint density at radius 3 is 2.29 bits per heavy atom. The van der Waals surface area contributed by atoms with Gasteiger partial charge in [-0.2, -0.15) is 0 Å². The fourth-order valence-electron chi connectivity index (χ4n) is 4.20. The summed E-state index contributed by atoms with van der Waals surface area (Å²) >= 11 is 0. The van der Waals surface area contributed by atoms with Gasteiger partial charge in [-0.15, -0.1) is 0 Å². The topological polar surface area (TPSA) is 129 Å². The second-order valence-corrected chi connectivity index (χ2v) is 9.47. The summed E-state index contributed by atoms with van der Waals surface area (Å²) in [6.45, 7) is 5.53. The SMILES string of the molecule is CC(C)=Cc1ccc(N)c(C(=N)/C(N)=C/N(N)c2ccc(C(=O)N3CCC(N(C)C)CC3)cc2)c1. The quantitative estimate of drug-likeness (QED) is 0.210. The van der Waals surface area contributed by atoms with Crippen LogP contribution in [-0.4, -0.2) is 54.6 Å². The molecule has 1 aliphatic heterocycles. The molecule has 0 aromatic heterocycles. The number of nitrogens with one attached hydrogen (secondary N) is 1. The predicted octanol–water partition coefficient (Wildman–Crippen LogP) is 3.41. The fourth-order valence-corrected chi connectivity index (χ4v) is 4.20. The van der Waals surface area contributed by atoms with E-state index in [2.05, 4.69) is 19.0 Å². The number of hydrazine groups is 1. The summed E-state index contributed by atoms with van der Waals surface area (Å²) in [7, 11) is 4.16. The lowest BCUT2D eigenvalue weighted by atomic mass is 10.0. The highest BCUT2D eigenvalue weighted by Gasteiger charge is 2.24. The summed E-state index contributed by atoms with van der Waals surface area (Å²) in [6, 6.07) is 13.1. The van der Waals surface area contributed by atoms with Crippen LogP contribution >= 0.6 is 0 Å². The Kier molecular flexibility index (Phi) is 8.32. The minimum atomic E-state index is 0.0286. The Balaban J connectivity index is 1.69. The lowest BCUT2D eigenvalue weighted by Gasteiger charge is -2.35. The number of anilines is 2. The van der Waals surface area contributed by atoms with Crippen LogP contribution in [0.1, 0.15) is 48.2 Å². The number of amides is 1.